The zero-order chi connectivity index (χ0) is 22.3. The smallest absolute Gasteiger partial charge is 0.269 e. The van der Waals surface area contributed by atoms with Crippen LogP contribution in [0.1, 0.15) is 41.9 Å². The van der Waals surface area contributed by atoms with Crippen LogP contribution in [0.3, 0.4) is 0 Å². The van der Waals surface area contributed by atoms with Gasteiger partial charge in [-0.05, 0) is 47.9 Å². The number of benzene rings is 2. The molecule has 2 aromatic rings. The van der Waals surface area contributed by atoms with Crippen LogP contribution in [-0.4, -0.2) is 41.4 Å². The Bertz CT molecular complexity index is 994. The van der Waals surface area contributed by atoms with E-state index in [0.29, 0.717) is 29.7 Å². The Kier molecular flexibility index (Phi) is 5.41. The third-order valence-corrected chi connectivity index (χ3v) is 6.84. The molecular formula is C24H25F3N4O. The zero-order valence-electron chi connectivity index (χ0n) is 17.6. The van der Waals surface area contributed by atoms with Gasteiger partial charge in [0.25, 0.3) is 0 Å². The summed E-state index contributed by atoms with van der Waals surface area (Å²) in [5.74, 6) is 1.09. The number of alkyl halides is 3. The van der Waals surface area contributed by atoms with E-state index in [0.717, 1.165) is 30.8 Å². The van der Waals surface area contributed by atoms with E-state index < -0.39 is 11.7 Å². The number of hydrazone groups is 1. The first-order chi connectivity index (χ1) is 15.4. The first-order valence-electron chi connectivity index (χ1n) is 11.0. The first-order valence-corrected chi connectivity index (χ1v) is 11.0. The molecule has 2 aliphatic heterocycles. The standard InChI is InChI=1S/C24H25F3N4O/c25-24(26,27)20-11-9-17(10-12-20)22-21(16-5-2-1-3-6-16)15-31(28-22)23(32)29-30-13-18-7-4-8-19(18)14-30/h1-3,5-6,9-12,18-19,21H,4,7-8,13-15H2,(H,29,32). The van der Waals surface area contributed by atoms with Crippen molar-refractivity contribution < 1.29 is 18.0 Å². The van der Waals surface area contributed by atoms with Gasteiger partial charge in [0.15, 0.2) is 0 Å². The number of nitrogens with zero attached hydrogens (tertiary/aromatic N) is 3. The van der Waals surface area contributed by atoms with E-state index in [-0.39, 0.29) is 11.9 Å². The van der Waals surface area contributed by atoms with Gasteiger partial charge in [-0.2, -0.15) is 18.3 Å². The maximum absolute atomic E-state index is 13.0. The molecule has 32 heavy (non-hydrogen) atoms. The molecule has 1 aliphatic carbocycles. The fourth-order valence-corrected chi connectivity index (χ4v) is 5.19. The monoisotopic (exact) mass is 442 g/mol. The van der Waals surface area contributed by atoms with Gasteiger partial charge in [-0.25, -0.2) is 14.8 Å². The molecule has 5 nitrogen and oxygen atoms in total. The average Bonchev–Trinajstić information content (AvgIpc) is 3.49. The summed E-state index contributed by atoms with van der Waals surface area (Å²) in [6, 6.07) is 14.3. The molecule has 0 radical (unpaired) electrons. The number of hydrogen-bond acceptors (Lipinski definition) is 3. The van der Waals surface area contributed by atoms with Gasteiger partial charge in [-0.15, -0.1) is 0 Å². The number of urea groups is 1. The number of fused-ring (bicyclic) bond motifs is 1. The van der Waals surface area contributed by atoms with Crippen molar-refractivity contribution in [3.05, 3.63) is 71.3 Å². The molecular weight excluding hydrogens is 417 g/mol. The highest BCUT2D eigenvalue weighted by Crippen LogP contribution is 2.37. The highest BCUT2D eigenvalue weighted by Gasteiger charge is 2.38. The van der Waals surface area contributed by atoms with Crippen LogP contribution in [0.5, 0.6) is 0 Å². The lowest BCUT2D eigenvalue weighted by Gasteiger charge is -2.22. The zero-order valence-corrected chi connectivity index (χ0v) is 17.6. The summed E-state index contributed by atoms with van der Waals surface area (Å²) in [6.07, 6.45) is -0.697. The van der Waals surface area contributed by atoms with E-state index in [1.54, 1.807) is 0 Å². The van der Waals surface area contributed by atoms with Crippen LogP contribution in [0.4, 0.5) is 18.0 Å². The van der Waals surface area contributed by atoms with Gasteiger partial charge in [0.05, 0.1) is 17.8 Å². The Morgan fingerprint density at radius 1 is 0.938 bits per heavy atom. The van der Waals surface area contributed by atoms with Crippen molar-refractivity contribution in [3.63, 3.8) is 0 Å². The molecule has 1 saturated carbocycles. The highest BCUT2D eigenvalue weighted by atomic mass is 19.4. The fourth-order valence-electron chi connectivity index (χ4n) is 5.19. The van der Waals surface area contributed by atoms with Crippen molar-refractivity contribution in [2.75, 3.05) is 19.6 Å². The van der Waals surface area contributed by atoms with Gasteiger partial charge >= 0.3 is 12.2 Å². The molecule has 2 heterocycles. The normalized spacial score (nSPS) is 25.7. The summed E-state index contributed by atoms with van der Waals surface area (Å²) in [7, 11) is 0. The fraction of sp³-hybridized carbons (Fsp3) is 0.417. The molecule has 2 fully saturated rings. The van der Waals surface area contributed by atoms with Crippen LogP contribution in [0, 0.1) is 11.8 Å². The summed E-state index contributed by atoms with van der Waals surface area (Å²) >= 11 is 0. The van der Waals surface area contributed by atoms with Gasteiger partial charge in [-0.3, -0.25) is 5.43 Å². The van der Waals surface area contributed by atoms with Crippen molar-refractivity contribution in [2.45, 2.75) is 31.4 Å². The minimum absolute atomic E-state index is 0.211. The van der Waals surface area contributed by atoms with Crippen molar-refractivity contribution in [2.24, 2.45) is 16.9 Å². The summed E-state index contributed by atoms with van der Waals surface area (Å²) in [5.41, 5.74) is 4.43. The lowest BCUT2D eigenvalue weighted by atomic mass is 9.90. The quantitative estimate of drug-likeness (QED) is 0.738. The predicted molar refractivity (Wildman–Crippen MR) is 115 cm³/mol. The van der Waals surface area contributed by atoms with E-state index in [1.165, 1.54) is 36.4 Å². The van der Waals surface area contributed by atoms with Gasteiger partial charge in [-0.1, -0.05) is 48.9 Å². The van der Waals surface area contributed by atoms with Gasteiger partial charge in [0.2, 0.25) is 0 Å². The molecule has 8 heteroatoms. The second kappa shape index (κ2) is 8.24. The third kappa shape index (κ3) is 4.11. The summed E-state index contributed by atoms with van der Waals surface area (Å²) in [4.78, 5) is 13.0. The molecule has 1 N–H and O–H groups in total. The lowest BCUT2D eigenvalue weighted by Crippen LogP contribution is -2.46. The minimum atomic E-state index is -4.39. The van der Waals surface area contributed by atoms with E-state index in [2.05, 4.69) is 10.5 Å². The number of nitrogens with one attached hydrogen (secondary N) is 1. The van der Waals surface area contributed by atoms with Crippen molar-refractivity contribution in [3.8, 4) is 0 Å². The molecule has 5 rings (SSSR count). The Morgan fingerprint density at radius 3 is 2.22 bits per heavy atom. The SMILES string of the molecule is O=C(NN1CC2CCCC2C1)N1CC(c2ccccc2)C(c2ccc(C(F)(F)F)cc2)=N1. The molecule has 168 valence electrons. The van der Waals surface area contributed by atoms with Crippen LogP contribution in [-0.2, 0) is 6.18 Å². The molecule has 2 amide bonds. The number of carbonyl (C=O) groups is 1. The predicted octanol–water partition coefficient (Wildman–Crippen LogP) is 4.87. The van der Waals surface area contributed by atoms with Gasteiger partial charge < -0.3 is 0 Å². The summed E-state index contributed by atoms with van der Waals surface area (Å²) in [6.45, 7) is 2.07. The van der Waals surface area contributed by atoms with Gasteiger partial charge in [0, 0.05) is 19.0 Å². The Hall–Kier alpha value is -2.87. The van der Waals surface area contributed by atoms with Gasteiger partial charge in [0.1, 0.15) is 0 Å². The molecule has 3 unspecified atom stereocenters. The lowest BCUT2D eigenvalue weighted by molar-refractivity contribution is -0.137. The molecule has 2 aromatic carbocycles. The molecule has 3 atom stereocenters. The minimum Gasteiger partial charge on any atom is -0.269 e. The summed E-state index contributed by atoms with van der Waals surface area (Å²) in [5, 5.41) is 7.94. The third-order valence-electron chi connectivity index (χ3n) is 6.84. The molecule has 3 aliphatic rings. The van der Waals surface area contributed by atoms with Crippen LogP contribution in [0.15, 0.2) is 59.7 Å². The molecule has 0 aromatic heterocycles. The highest BCUT2D eigenvalue weighted by molar-refractivity contribution is 6.07. The number of halogens is 3. The van der Waals surface area contributed by atoms with E-state index in [9.17, 15) is 18.0 Å². The van der Waals surface area contributed by atoms with Crippen molar-refractivity contribution in [1.82, 2.24) is 15.4 Å². The average molecular weight is 442 g/mol. The number of rotatable bonds is 3. The van der Waals surface area contributed by atoms with Crippen LogP contribution in [0.2, 0.25) is 0 Å². The van der Waals surface area contributed by atoms with E-state index in [4.69, 9.17) is 0 Å². The second-order valence-corrected chi connectivity index (χ2v) is 8.88. The summed E-state index contributed by atoms with van der Waals surface area (Å²) < 4.78 is 39.0. The van der Waals surface area contributed by atoms with Crippen LogP contribution in [0.25, 0.3) is 0 Å². The topological polar surface area (TPSA) is 47.9 Å². The maximum Gasteiger partial charge on any atom is 0.416 e. The number of hydrazine groups is 1. The maximum atomic E-state index is 13.0. The Morgan fingerprint density at radius 2 is 1.59 bits per heavy atom. The first kappa shape index (κ1) is 21.0. The number of hydrogen-bond donors (Lipinski definition) is 1. The largest absolute Gasteiger partial charge is 0.416 e. The Balaban J connectivity index is 1.37. The number of amides is 2. The van der Waals surface area contributed by atoms with Crippen LogP contribution >= 0.6 is 0 Å². The van der Waals surface area contributed by atoms with Crippen molar-refractivity contribution in [1.29, 1.82) is 0 Å². The van der Waals surface area contributed by atoms with E-state index >= 15 is 0 Å². The second-order valence-electron chi connectivity index (χ2n) is 8.88. The number of carbonyl (C=O) groups excluding carboxylic acids is 1. The van der Waals surface area contributed by atoms with Crippen LogP contribution < -0.4 is 5.43 Å². The van der Waals surface area contributed by atoms with Crippen molar-refractivity contribution >= 4 is 11.7 Å². The molecule has 0 spiro atoms. The molecule has 0 bridgehead atoms. The van der Waals surface area contributed by atoms with E-state index in [1.807, 2.05) is 35.3 Å². The Labute approximate surface area is 184 Å². The molecule has 1 saturated heterocycles.